The van der Waals surface area contributed by atoms with Crippen molar-refractivity contribution in [1.29, 1.82) is 0 Å². The summed E-state index contributed by atoms with van der Waals surface area (Å²) < 4.78 is 24.8. The van der Waals surface area contributed by atoms with Crippen LogP contribution in [0.4, 0.5) is 8.78 Å². The van der Waals surface area contributed by atoms with E-state index in [9.17, 15) is 13.6 Å². The number of hydrogen-bond donors (Lipinski definition) is 0. The average Bonchev–Trinajstić information content (AvgIpc) is 1.84. The molecule has 10 heavy (non-hydrogen) atoms. The zero-order chi connectivity index (χ0) is 8.20. The Balaban J connectivity index is 3.75. The smallest absolute Gasteiger partial charge is 0.293 e. The van der Waals surface area contributed by atoms with Gasteiger partial charge in [0.2, 0.25) is 0 Å². The molecule has 0 amide bonds. The summed E-state index contributed by atoms with van der Waals surface area (Å²) in [5.41, 5.74) is 0. The first-order chi connectivity index (χ1) is 4.50. The molecule has 0 heterocycles. The van der Waals surface area contributed by atoms with Gasteiger partial charge in [-0.1, -0.05) is 13.3 Å². The molecule has 0 unspecified atom stereocenters. The van der Waals surface area contributed by atoms with Gasteiger partial charge < -0.3 is 0 Å². The van der Waals surface area contributed by atoms with Gasteiger partial charge in [-0.05, 0) is 6.42 Å². The zero-order valence-electron chi connectivity index (χ0n) is 6.29. The lowest BCUT2D eigenvalue weighted by molar-refractivity contribution is -0.141. The van der Waals surface area contributed by atoms with Gasteiger partial charge in [0.15, 0.2) is 5.78 Å². The molecule has 0 saturated heterocycles. The Morgan fingerprint density at radius 3 is 2.30 bits per heavy atom. The van der Waals surface area contributed by atoms with Gasteiger partial charge in [-0.3, -0.25) is 4.79 Å². The highest BCUT2D eigenvalue weighted by atomic mass is 19.3. The predicted molar refractivity (Wildman–Crippen MR) is 35.2 cm³/mol. The normalized spacial score (nSPS) is 11.6. The molecule has 0 aliphatic rings. The third kappa shape index (κ3) is 2.90. The number of alkyl halides is 2. The summed E-state index contributed by atoms with van der Waals surface area (Å²) in [6.45, 7) is 2.74. The summed E-state index contributed by atoms with van der Waals surface area (Å²) in [6, 6.07) is 0. The highest BCUT2D eigenvalue weighted by Gasteiger charge is 2.33. The maximum absolute atomic E-state index is 12.4. The zero-order valence-corrected chi connectivity index (χ0v) is 6.29. The molecule has 0 aliphatic heterocycles. The Bertz CT molecular complexity index is 121. The highest BCUT2D eigenvalue weighted by molar-refractivity contribution is 5.82. The molecule has 0 aromatic rings. The van der Waals surface area contributed by atoms with Crippen molar-refractivity contribution in [3.63, 3.8) is 0 Å². The van der Waals surface area contributed by atoms with Crippen LogP contribution in [0.2, 0.25) is 0 Å². The molecule has 0 radical (unpaired) electrons. The first kappa shape index (κ1) is 9.53. The Kier molecular flexibility index (Phi) is 3.47. The van der Waals surface area contributed by atoms with E-state index in [1.807, 2.05) is 6.92 Å². The Morgan fingerprint density at radius 1 is 1.50 bits per heavy atom. The van der Waals surface area contributed by atoms with E-state index >= 15 is 0 Å². The minimum atomic E-state index is -3.09. The van der Waals surface area contributed by atoms with Crippen molar-refractivity contribution in [3.8, 4) is 0 Å². The molecule has 0 atom stereocenters. The van der Waals surface area contributed by atoms with Gasteiger partial charge in [-0.15, -0.1) is 0 Å². The molecule has 0 aromatic carbocycles. The van der Waals surface area contributed by atoms with E-state index in [0.29, 0.717) is 12.8 Å². The van der Waals surface area contributed by atoms with Crippen LogP contribution in [0.25, 0.3) is 0 Å². The van der Waals surface area contributed by atoms with Gasteiger partial charge >= 0.3 is 5.92 Å². The van der Waals surface area contributed by atoms with E-state index in [1.54, 1.807) is 0 Å². The minimum Gasteiger partial charge on any atom is -0.293 e. The van der Waals surface area contributed by atoms with Gasteiger partial charge in [0.25, 0.3) is 0 Å². The van der Waals surface area contributed by atoms with Crippen molar-refractivity contribution < 1.29 is 13.6 Å². The molecule has 3 heteroatoms. The summed E-state index contributed by atoms with van der Waals surface area (Å²) in [5.74, 6) is -4.11. The van der Waals surface area contributed by atoms with Crippen LogP contribution in [-0.2, 0) is 4.79 Å². The molecule has 60 valence electrons. The minimum absolute atomic E-state index is 0.307. The molecule has 0 fully saturated rings. The monoisotopic (exact) mass is 150 g/mol. The van der Waals surface area contributed by atoms with Crippen LogP contribution >= 0.6 is 0 Å². The van der Waals surface area contributed by atoms with Crippen LogP contribution in [0.15, 0.2) is 0 Å². The fourth-order valence-electron chi connectivity index (χ4n) is 0.575. The SMILES string of the molecule is CCCCC(F)(F)C(C)=O. The fraction of sp³-hybridized carbons (Fsp3) is 0.857. The van der Waals surface area contributed by atoms with Crippen LogP contribution < -0.4 is 0 Å². The number of hydrogen-bond acceptors (Lipinski definition) is 1. The van der Waals surface area contributed by atoms with E-state index in [0.717, 1.165) is 6.92 Å². The Morgan fingerprint density at radius 2 is 2.00 bits per heavy atom. The van der Waals surface area contributed by atoms with Crippen molar-refractivity contribution in [2.24, 2.45) is 0 Å². The van der Waals surface area contributed by atoms with Crippen LogP contribution in [0.1, 0.15) is 33.1 Å². The number of rotatable bonds is 4. The van der Waals surface area contributed by atoms with E-state index in [4.69, 9.17) is 0 Å². The molecule has 0 spiro atoms. The topological polar surface area (TPSA) is 17.1 Å². The van der Waals surface area contributed by atoms with Crippen molar-refractivity contribution >= 4 is 5.78 Å². The van der Waals surface area contributed by atoms with Crippen molar-refractivity contribution in [1.82, 2.24) is 0 Å². The second kappa shape index (κ2) is 3.64. The predicted octanol–water partition coefficient (Wildman–Crippen LogP) is 2.40. The second-order valence-electron chi connectivity index (χ2n) is 2.36. The van der Waals surface area contributed by atoms with Crippen molar-refractivity contribution in [2.75, 3.05) is 0 Å². The third-order valence-corrected chi connectivity index (χ3v) is 1.36. The number of carbonyl (C=O) groups is 1. The van der Waals surface area contributed by atoms with E-state index in [-0.39, 0.29) is 6.42 Å². The molecule has 0 rings (SSSR count). The maximum atomic E-state index is 12.4. The van der Waals surface area contributed by atoms with Crippen molar-refractivity contribution in [3.05, 3.63) is 0 Å². The van der Waals surface area contributed by atoms with E-state index in [1.165, 1.54) is 0 Å². The largest absolute Gasteiger partial charge is 0.304 e. The molecule has 1 nitrogen and oxygen atoms in total. The lowest BCUT2D eigenvalue weighted by Crippen LogP contribution is -2.25. The summed E-state index contributed by atoms with van der Waals surface area (Å²) in [6.07, 6.45) is 0.800. The van der Waals surface area contributed by atoms with Gasteiger partial charge in [0, 0.05) is 13.3 Å². The van der Waals surface area contributed by atoms with Gasteiger partial charge in [0.1, 0.15) is 0 Å². The lowest BCUT2D eigenvalue weighted by atomic mass is 10.1. The number of halogens is 2. The van der Waals surface area contributed by atoms with Gasteiger partial charge in [-0.25, -0.2) is 0 Å². The summed E-state index contributed by atoms with van der Waals surface area (Å²) in [7, 11) is 0. The first-order valence-corrected chi connectivity index (χ1v) is 3.39. The third-order valence-electron chi connectivity index (χ3n) is 1.36. The number of Topliss-reactive ketones (excluding diaryl/α,β-unsaturated/α-hetero) is 1. The molecule has 0 N–H and O–H groups in total. The standard InChI is InChI=1S/C7H12F2O/c1-3-4-5-7(8,9)6(2)10/h3-5H2,1-2H3. The Labute approximate surface area is 59.4 Å². The molecule has 0 aromatic heterocycles. The van der Waals surface area contributed by atoms with Crippen LogP contribution in [0, 0.1) is 0 Å². The van der Waals surface area contributed by atoms with Crippen LogP contribution in [0.5, 0.6) is 0 Å². The lowest BCUT2D eigenvalue weighted by Gasteiger charge is -2.10. The molecular formula is C7H12F2O. The Hall–Kier alpha value is -0.470. The number of ketones is 1. The summed E-state index contributed by atoms with van der Waals surface area (Å²) >= 11 is 0. The number of carbonyl (C=O) groups excluding carboxylic acids is 1. The number of unbranched alkanes of at least 4 members (excludes halogenated alkanes) is 1. The fourth-order valence-corrected chi connectivity index (χ4v) is 0.575. The van der Waals surface area contributed by atoms with E-state index < -0.39 is 11.7 Å². The first-order valence-electron chi connectivity index (χ1n) is 3.39. The molecule has 0 saturated carbocycles. The summed E-state index contributed by atoms with van der Waals surface area (Å²) in [5, 5.41) is 0. The summed E-state index contributed by atoms with van der Waals surface area (Å²) in [4.78, 5) is 10.2. The van der Waals surface area contributed by atoms with Crippen molar-refractivity contribution in [2.45, 2.75) is 39.0 Å². The molecular weight excluding hydrogens is 138 g/mol. The highest BCUT2D eigenvalue weighted by Crippen LogP contribution is 2.21. The molecule has 0 bridgehead atoms. The van der Waals surface area contributed by atoms with Gasteiger partial charge in [-0.2, -0.15) is 8.78 Å². The average molecular weight is 150 g/mol. The quantitative estimate of drug-likeness (QED) is 0.601. The molecule has 0 aliphatic carbocycles. The second-order valence-corrected chi connectivity index (χ2v) is 2.36. The van der Waals surface area contributed by atoms with Crippen LogP contribution in [-0.4, -0.2) is 11.7 Å². The van der Waals surface area contributed by atoms with Gasteiger partial charge in [0.05, 0.1) is 0 Å². The maximum Gasteiger partial charge on any atom is 0.304 e. The van der Waals surface area contributed by atoms with Crippen LogP contribution in [0.3, 0.4) is 0 Å². The van der Waals surface area contributed by atoms with E-state index in [2.05, 4.69) is 0 Å².